The molecule has 2 saturated heterocycles. The molecular formula is C20H28N4O2. The van der Waals surface area contributed by atoms with Crippen LogP contribution in [-0.2, 0) is 0 Å². The molecule has 1 amide bonds. The third kappa shape index (κ3) is 3.07. The Morgan fingerprint density at radius 3 is 2.58 bits per heavy atom. The molecule has 0 radical (unpaired) electrons. The average Bonchev–Trinajstić information content (AvgIpc) is 3.36. The lowest BCUT2D eigenvalue weighted by atomic mass is 10.0. The zero-order chi connectivity index (χ0) is 18.3. The Morgan fingerprint density at radius 1 is 1.12 bits per heavy atom. The van der Waals surface area contributed by atoms with E-state index in [1.54, 1.807) is 0 Å². The standard InChI is InChI=1S/C20H28N4O2/c1-14-11-18(16(3)24(14)19-12-15(2)26-21-19)20(25)23-10-6-7-17(13-23)22-8-4-5-9-22/h11-12,17H,4-10,13H2,1-3H3. The molecule has 140 valence electrons. The SMILES string of the molecule is Cc1cc(-n2c(C)cc(C(=O)N3CCCC(N4CCCC4)C3)c2C)no1. The van der Waals surface area contributed by atoms with Crippen LogP contribution in [0, 0.1) is 20.8 Å². The van der Waals surface area contributed by atoms with E-state index in [0.717, 1.165) is 48.0 Å². The topological polar surface area (TPSA) is 54.5 Å². The number of amides is 1. The van der Waals surface area contributed by atoms with E-state index in [0.29, 0.717) is 6.04 Å². The highest BCUT2D eigenvalue weighted by Crippen LogP contribution is 2.25. The fourth-order valence-electron chi connectivity index (χ4n) is 4.50. The highest BCUT2D eigenvalue weighted by molar-refractivity contribution is 5.96. The number of carbonyl (C=O) groups excluding carboxylic acids is 1. The third-order valence-electron chi connectivity index (χ3n) is 5.85. The first-order valence-electron chi connectivity index (χ1n) is 9.70. The smallest absolute Gasteiger partial charge is 0.255 e. The first-order chi connectivity index (χ1) is 12.5. The molecule has 2 aromatic heterocycles. The second kappa shape index (κ2) is 6.91. The van der Waals surface area contributed by atoms with Gasteiger partial charge in [-0.2, -0.15) is 0 Å². The fourth-order valence-corrected chi connectivity index (χ4v) is 4.50. The number of nitrogens with zero attached hydrogens (tertiary/aromatic N) is 4. The molecule has 6 nitrogen and oxygen atoms in total. The van der Waals surface area contributed by atoms with Gasteiger partial charge in [0, 0.05) is 36.6 Å². The molecule has 0 aromatic carbocycles. The lowest BCUT2D eigenvalue weighted by Gasteiger charge is -2.37. The summed E-state index contributed by atoms with van der Waals surface area (Å²) in [4.78, 5) is 17.9. The van der Waals surface area contributed by atoms with Crippen molar-refractivity contribution in [2.75, 3.05) is 26.2 Å². The molecule has 2 aromatic rings. The molecule has 2 aliphatic rings. The van der Waals surface area contributed by atoms with Crippen molar-refractivity contribution in [1.82, 2.24) is 19.5 Å². The van der Waals surface area contributed by atoms with Crippen molar-refractivity contribution in [2.45, 2.75) is 52.5 Å². The normalized spacial score (nSPS) is 21.5. The Hall–Kier alpha value is -2.08. The molecule has 1 atom stereocenters. The van der Waals surface area contributed by atoms with Gasteiger partial charge in [0.2, 0.25) is 0 Å². The number of hydrogen-bond acceptors (Lipinski definition) is 4. The largest absolute Gasteiger partial charge is 0.360 e. The molecule has 0 spiro atoms. The van der Waals surface area contributed by atoms with Crippen LogP contribution >= 0.6 is 0 Å². The molecule has 0 aliphatic carbocycles. The summed E-state index contributed by atoms with van der Waals surface area (Å²) in [6.45, 7) is 9.97. The van der Waals surface area contributed by atoms with Crippen LogP contribution < -0.4 is 0 Å². The summed E-state index contributed by atoms with van der Waals surface area (Å²) in [5.74, 6) is 1.66. The first kappa shape index (κ1) is 17.3. The number of piperidine rings is 1. The Balaban J connectivity index is 1.56. The van der Waals surface area contributed by atoms with Gasteiger partial charge in [0.05, 0.1) is 5.56 Å². The van der Waals surface area contributed by atoms with Crippen LogP contribution in [0.15, 0.2) is 16.7 Å². The van der Waals surface area contributed by atoms with E-state index in [-0.39, 0.29) is 5.91 Å². The molecule has 6 heteroatoms. The Morgan fingerprint density at radius 2 is 1.88 bits per heavy atom. The lowest BCUT2D eigenvalue weighted by molar-refractivity contribution is 0.0607. The molecule has 4 rings (SSSR count). The highest BCUT2D eigenvalue weighted by Gasteiger charge is 2.31. The van der Waals surface area contributed by atoms with E-state index in [2.05, 4.69) is 10.1 Å². The lowest BCUT2D eigenvalue weighted by Crippen LogP contribution is -2.49. The minimum absolute atomic E-state index is 0.147. The van der Waals surface area contributed by atoms with Crippen LogP contribution in [-0.4, -0.2) is 57.7 Å². The van der Waals surface area contributed by atoms with Crippen molar-refractivity contribution in [3.05, 3.63) is 34.8 Å². The molecule has 0 bridgehead atoms. The van der Waals surface area contributed by atoms with Gasteiger partial charge in [-0.05, 0) is 65.6 Å². The van der Waals surface area contributed by atoms with E-state index in [1.165, 1.54) is 32.4 Å². The van der Waals surface area contributed by atoms with Crippen molar-refractivity contribution >= 4 is 5.91 Å². The van der Waals surface area contributed by atoms with Crippen molar-refractivity contribution in [3.8, 4) is 5.82 Å². The van der Waals surface area contributed by atoms with Gasteiger partial charge in [0.1, 0.15) is 5.76 Å². The van der Waals surface area contributed by atoms with E-state index in [1.807, 2.05) is 42.4 Å². The van der Waals surface area contributed by atoms with Crippen LogP contribution in [0.25, 0.3) is 5.82 Å². The zero-order valence-electron chi connectivity index (χ0n) is 16.0. The maximum atomic E-state index is 13.2. The summed E-state index contributed by atoms with van der Waals surface area (Å²) in [7, 11) is 0. The van der Waals surface area contributed by atoms with Gasteiger partial charge in [-0.1, -0.05) is 5.16 Å². The molecule has 1 unspecified atom stereocenters. The van der Waals surface area contributed by atoms with E-state index < -0.39 is 0 Å². The quantitative estimate of drug-likeness (QED) is 0.848. The highest BCUT2D eigenvalue weighted by atomic mass is 16.5. The Kier molecular flexibility index (Phi) is 4.61. The number of hydrogen-bond donors (Lipinski definition) is 0. The van der Waals surface area contributed by atoms with Crippen molar-refractivity contribution in [1.29, 1.82) is 0 Å². The number of aromatic nitrogens is 2. The van der Waals surface area contributed by atoms with Crippen LogP contribution in [0.2, 0.25) is 0 Å². The van der Waals surface area contributed by atoms with Crippen molar-refractivity contribution in [2.24, 2.45) is 0 Å². The maximum Gasteiger partial charge on any atom is 0.255 e. The van der Waals surface area contributed by atoms with Crippen LogP contribution in [0.1, 0.15) is 53.2 Å². The van der Waals surface area contributed by atoms with Gasteiger partial charge < -0.3 is 9.42 Å². The third-order valence-corrected chi connectivity index (χ3v) is 5.85. The summed E-state index contributed by atoms with van der Waals surface area (Å²) in [5, 5.41) is 4.11. The van der Waals surface area contributed by atoms with Gasteiger partial charge in [-0.3, -0.25) is 14.3 Å². The monoisotopic (exact) mass is 356 g/mol. The maximum absolute atomic E-state index is 13.2. The van der Waals surface area contributed by atoms with E-state index >= 15 is 0 Å². The molecule has 4 heterocycles. The van der Waals surface area contributed by atoms with Crippen LogP contribution in [0.5, 0.6) is 0 Å². The van der Waals surface area contributed by atoms with Gasteiger partial charge in [0.25, 0.3) is 5.91 Å². The molecule has 0 saturated carbocycles. The predicted molar refractivity (Wildman–Crippen MR) is 99.8 cm³/mol. The summed E-state index contributed by atoms with van der Waals surface area (Å²) < 4.78 is 7.22. The average molecular weight is 356 g/mol. The van der Waals surface area contributed by atoms with Gasteiger partial charge in [0.15, 0.2) is 5.82 Å². The fraction of sp³-hybridized carbons (Fsp3) is 0.600. The molecular weight excluding hydrogens is 328 g/mol. The molecule has 2 aliphatic heterocycles. The summed E-state index contributed by atoms with van der Waals surface area (Å²) in [6, 6.07) is 4.41. The Bertz CT molecular complexity index is 801. The minimum atomic E-state index is 0.147. The van der Waals surface area contributed by atoms with E-state index in [9.17, 15) is 4.79 Å². The minimum Gasteiger partial charge on any atom is -0.360 e. The first-order valence-corrected chi connectivity index (χ1v) is 9.70. The number of rotatable bonds is 3. The number of likely N-dealkylation sites (tertiary alicyclic amines) is 2. The predicted octanol–water partition coefficient (Wildman–Crippen LogP) is 3.09. The molecule has 2 fully saturated rings. The second-order valence-corrected chi connectivity index (χ2v) is 7.71. The summed E-state index contributed by atoms with van der Waals surface area (Å²) >= 11 is 0. The van der Waals surface area contributed by atoms with E-state index in [4.69, 9.17) is 4.52 Å². The van der Waals surface area contributed by atoms with Crippen LogP contribution in [0.3, 0.4) is 0 Å². The molecule has 0 N–H and O–H groups in total. The van der Waals surface area contributed by atoms with Gasteiger partial charge >= 0.3 is 0 Å². The summed E-state index contributed by atoms with van der Waals surface area (Å²) in [5.41, 5.74) is 2.72. The summed E-state index contributed by atoms with van der Waals surface area (Å²) in [6.07, 6.45) is 4.89. The number of carbonyl (C=O) groups is 1. The Labute approximate surface area is 154 Å². The second-order valence-electron chi connectivity index (χ2n) is 7.71. The zero-order valence-corrected chi connectivity index (χ0v) is 16.0. The van der Waals surface area contributed by atoms with Gasteiger partial charge in [-0.15, -0.1) is 0 Å². The van der Waals surface area contributed by atoms with Gasteiger partial charge in [-0.25, -0.2) is 0 Å². The number of aryl methyl sites for hydroxylation is 2. The van der Waals surface area contributed by atoms with Crippen LogP contribution in [0.4, 0.5) is 0 Å². The van der Waals surface area contributed by atoms with Crippen molar-refractivity contribution in [3.63, 3.8) is 0 Å². The van der Waals surface area contributed by atoms with Crippen molar-refractivity contribution < 1.29 is 9.32 Å². The molecule has 26 heavy (non-hydrogen) atoms.